The Morgan fingerprint density at radius 2 is 2.15 bits per heavy atom. The Morgan fingerprint density at radius 3 is 2.70 bits per heavy atom. The predicted octanol–water partition coefficient (Wildman–Crippen LogP) is 2.16. The average molecular weight is 314 g/mol. The zero-order valence-corrected chi connectivity index (χ0v) is 10.4. The summed E-state index contributed by atoms with van der Waals surface area (Å²) in [5.41, 5.74) is -0.543. The smallest absolute Gasteiger partial charge is 0.362 e. The highest BCUT2D eigenvalue weighted by Crippen LogP contribution is 2.23. The molecule has 0 aliphatic heterocycles. The fourth-order valence-electron chi connectivity index (χ4n) is 1.09. The highest BCUT2D eigenvalue weighted by atomic mass is 35.5. The summed E-state index contributed by atoms with van der Waals surface area (Å²) in [6.07, 6.45) is -4.57. The van der Waals surface area contributed by atoms with E-state index in [0.29, 0.717) is 0 Å². The molecular weight excluding hydrogens is 307 g/mol. The van der Waals surface area contributed by atoms with E-state index < -0.39 is 41.7 Å². The van der Waals surface area contributed by atoms with Crippen molar-refractivity contribution in [3.8, 4) is 0 Å². The highest BCUT2D eigenvalue weighted by molar-refractivity contribution is 6.29. The van der Waals surface area contributed by atoms with Gasteiger partial charge in [-0.15, -0.1) is 0 Å². The first-order chi connectivity index (χ1) is 9.19. The summed E-state index contributed by atoms with van der Waals surface area (Å²) in [4.78, 5) is 24.6. The SMILES string of the molecule is O=C(COCC(F)(F)F)Nc1nc(Cl)ccc1[N+](=O)[O-]. The lowest BCUT2D eigenvalue weighted by Crippen LogP contribution is -2.24. The van der Waals surface area contributed by atoms with Crippen molar-refractivity contribution in [2.24, 2.45) is 0 Å². The van der Waals surface area contributed by atoms with Gasteiger partial charge in [0.05, 0.1) is 4.92 Å². The van der Waals surface area contributed by atoms with Gasteiger partial charge < -0.3 is 10.1 Å². The molecular formula is C9H7ClF3N3O4. The predicted molar refractivity (Wildman–Crippen MR) is 61.4 cm³/mol. The lowest BCUT2D eigenvalue weighted by Gasteiger charge is -2.08. The number of anilines is 1. The minimum Gasteiger partial charge on any atom is -0.362 e. The minimum absolute atomic E-state index is 0.123. The Kier molecular flexibility index (Phi) is 5.22. The van der Waals surface area contributed by atoms with E-state index in [1.807, 2.05) is 5.32 Å². The molecule has 0 bridgehead atoms. The molecule has 0 saturated carbocycles. The number of amides is 1. The number of carbonyl (C=O) groups is 1. The van der Waals surface area contributed by atoms with Crippen molar-refractivity contribution in [2.45, 2.75) is 6.18 Å². The van der Waals surface area contributed by atoms with Gasteiger partial charge in [0.2, 0.25) is 5.82 Å². The van der Waals surface area contributed by atoms with Crippen LogP contribution in [0.2, 0.25) is 5.15 Å². The normalized spacial score (nSPS) is 11.2. The quantitative estimate of drug-likeness (QED) is 0.510. The van der Waals surface area contributed by atoms with Crippen LogP contribution in [0, 0.1) is 10.1 Å². The van der Waals surface area contributed by atoms with Gasteiger partial charge in [0.1, 0.15) is 18.4 Å². The van der Waals surface area contributed by atoms with Crippen molar-refractivity contribution in [1.29, 1.82) is 0 Å². The van der Waals surface area contributed by atoms with Crippen LogP contribution in [0.15, 0.2) is 12.1 Å². The lowest BCUT2D eigenvalue weighted by atomic mass is 10.4. The zero-order valence-electron chi connectivity index (χ0n) is 9.61. The Bertz CT molecular complexity index is 524. The van der Waals surface area contributed by atoms with Gasteiger partial charge >= 0.3 is 11.9 Å². The fourth-order valence-corrected chi connectivity index (χ4v) is 1.24. The van der Waals surface area contributed by atoms with Crippen LogP contribution in [0.25, 0.3) is 0 Å². The van der Waals surface area contributed by atoms with E-state index in [9.17, 15) is 28.1 Å². The molecule has 0 spiro atoms. The van der Waals surface area contributed by atoms with Crippen LogP contribution in [0.1, 0.15) is 0 Å². The molecule has 1 aromatic heterocycles. The first-order valence-corrected chi connectivity index (χ1v) is 5.32. The summed E-state index contributed by atoms with van der Waals surface area (Å²) < 4.78 is 39.4. The maximum absolute atomic E-state index is 11.8. The number of ether oxygens (including phenoxy) is 1. The summed E-state index contributed by atoms with van der Waals surface area (Å²) in [6, 6.07) is 2.14. The first-order valence-electron chi connectivity index (χ1n) is 4.94. The summed E-state index contributed by atoms with van der Waals surface area (Å²) in [5, 5.41) is 12.5. The molecule has 0 aromatic carbocycles. The standard InChI is InChI=1S/C9H7ClF3N3O4/c10-6-2-1-5(16(18)19)8(14-6)15-7(17)3-20-4-9(11,12)13/h1-2H,3-4H2,(H,14,15,17). The van der Waals surface area contributed by atoms with Crippen LogP contribution in [0.5, 0.6) is 0 Å². The number of nitrogens with one attached hydrogen (secondary N) is 1. The molecule has 1 heterocycles. The number of aromatic nitrogens is 1. The van der Waals surface area contributed by atoms with E-state index in [0.717, 1.165) is 12.1 Å². The summed E-state index contributed by atoms with van der Waals surface area (Å²) in [5.74, 6) is -1.49. The zero-order chi connectivity index (χ0) is 15.3. The summed E-state index contributed by atoms with van der Waals surface area (Å²) in [6.45, 7) is -2.53. The number of alkyl halides is 3. The van der Waals surface area contributed by atoms with E-state index in [4.69, 9.17) is 11.6 Å². The van der Waals surface area contributed by atoms with Gasteiger partial charge in [-0.05, 0) is 6.07 Å². The number of carbonyl (C=O) groups excluding carboxylic acids is 1. The Hall–Kier alpha value is -1.94. The van der Waals surface area contributed by atoms with E-state index in [2.05, 4.69) is 9.72 Å². The summed E-state index contributed by atoms with van der Waals surface area (Å²) in [7, 11) is 0. The van der Waals surface area contributed by atoms with Crippen LogP contribution >= 0.6 is 11.6 Å². The van der Waals surface area contributed by atoms with Crippen molar-refractivity contribution in [3.05, 3.63) is 27.4 Å². The molecule has 1 amide bonds. The van der Waals surface area contributed by atoms with Crippen molar-refractivity contribution in [2.75, 3.05) is 18.5 Å². The molecule has 20 heavy (non-hydrogen) atoms. The van der Waals surface area contributed by atoms with Gasteiger partial charge in [-0.1, -0.05) is 11.6 Å². The van der Waals surface area contributed by atoms with Gasteiger partial charge in [-0.25, -0.2) is 4.98 Å². The molecule has 0 radical (unpaired) electrons. The fraction of sp³-hybridized carbons (Fsp3) is 0.333. The van der Waals surface area contributed by atoms with Gasteiger partial charge in [0, 0.05) is 6.07 Å². The molecule has 1 aromatic rings. The molecule has 0 saturated heterocycles. The molecule has 1 N–H and O–H groups in total. The van der Waals surface area contributed by atoms with E-state index in [1.54, 1.807) is 0 Å². The molecule has 0 atom stereocenters. The second-order valence-electron chi connectivity index (χ2n) is 3.41. The van der Waals surface area contributed by atoms with E-state index in [-0.39, 0.29) is 5.15 Å². The molecule has 0 aliphatic carbocycles. The van der Waals surface area contributed by atoms with Crippen molar-refractivity contribution in [3.63, 3.8) is 0 Å². The van der Waals surface area contributed by atoms with Crippen LogP contribution in [-0.4, -0.2) is 35.2 Å². The van der Waals surface area contributed by atoms with Gasteiger partial charge in [0.25, 0.3) is 5.91 Å². The van der Waals surface area contributed by atoms with E-state index in [1.165, 1.54) is 0 Å². The Balaban J connectivity index is 2.66. The Labute approximate surface area is 114 Å². The maximum atomic E-state index is 11.8. The number of nitro groups is 1. The van der Waals surface area contributed by atoms with Gasteiger partial charge in [0.15, 0.2) is 0 Å². The monoisotopic (exact) mass is 313 g/mol. The highest BCUT2D eigenvalue weighted by Gasteiger charge is 2.28. The maximum Gasteiger partial charge on any atom is 0.411 e. The van der Waals surface area contributed by atoms with Crippen molar-refractivity contribution < 1.29 is 27.6 Å². The molecule has 0 fully saturated rings. The molecule has 1 rings (SSSR count). The van der Waals surface area contributed by atoms with Crippen molar-refractivity contribution >= 4 is 29.0 Å². The number of hydrogen-bond donors (Lipinski definition) is 1. The lowest BCUT2D eigenvalue weighted by molar-refractivity contribution is -0.384. The first kappa shape index (κ1) is 16.1. The van der Waals surface area contributed by atoms with Crippen LogP contribution < -0.4 is 5.32 Å². The molecule has 0 unspecified atom stereocenters. The van der Waals surface area contributed by atoms with Crippen LogP contribution in [-0.2, 0) is 9.53 Å². The second kappa shape index (κ2) is 6.48. The van der Waals surface area contributed by atoms with Gasteiger partial charge in [-0.2, -0.15) is 13.2 Å². The second-order valence-corrected chi connectivity index (χ2v) is 3.80. The molecule has 110 valence electrons. The van der Waals surface area contributed by atoms with E-state index >= 15 is 0 Å². The third-order valence-corrected chi connectivity index (χ3v) is 2.00. The number of hydrogen-bond acceptors (Lipinski definition) is 5. The topological polar surface area (TPSA) is 94.4 Å². The molecule has 11 heteroatoms. The average Bonchev–Trinajstić information content (AvgIpc) is 2.26. The third kappa shape index (κ3) is 5.36. The van der Waals surface area contributed by atoms with Crippen LogP contribution in [0.4, 0.5) is 24.7 Å². The third-order valence-electron chi connectivity index (χ3n) is 1.79. The van der Waals surface area contributed by atoms with Crippen LogP contribution in [0.3, 0.4) is 0 Å². The van der Waals surface area contributed by atoms with Gasteiger partial charge in [-0.3, -0.25) is 14.9 Å². The minimum atomic E-state index is -4.57. The molecule has 0 aliphatic rings. The number of pyridine rings is 1. The summed E-state index contributed by atoms with van der Waals surface area (Å²) >= 11 is 5.50. The Morgan fingerprint density at radius 1 is 1.50 bits per heavy atom. The largest absolute Gasteiger partial charge is 0.411 e. The number of halogens is 4. The number of rotatable bonds is 5. The molecule has 7 nitrogen and oxygen atoms in total. The number of nitrogens with zero attached hydrogens (tertiary/aromatic N) is 2. The van der Waals surface area contributed by atoms with Crippen molar-refractivity contribution in [1.82, 2.24) is 4.98 Å².